The molecule has 1 N–H and O–H groups in total. The second-order valence-electron chi connectivity index (χ2n) is 6.27. The predicted molar refractivity (Wildman–Crippen MR) is 105 cm³/mol. The first-order valence-corrected chi connectivity index (χ1v) is 9.17. The average Bonchev–Trinajstić information content (AvgIpc) is 2.61. The van der Waals surface area contributed by atoms with Crippen LogP contribution in [0.2, 0.25) is 0 Å². The molecule has 1 aliphatic rings. The number of rotatable bonds is 3. The number of fused-ring (bicyclic) bond motifs is 1. The van der Waals surface area contributed by atoms with Crippen molar-refractivity contribution >= 4 is 33.4 Å². The van der Waals surface area contributed by atoms with E-state index < -0.39 is 0 Å². The molecule has 0 atom stereocenters. The number of aryl methyl sites for hydroxylation is 1. The van der Waals surface area contributed by atoms with Gasteiger partial charge in [-0.1, -0.05) is 46.3 Å². The van der Waals surface area contributed by atoms with Gasteiger partial charge in [-0.05, 0) is 42.7 Å². The van der Waals surface area contributed by atoms with Crippen LogP contribution in [0.1, 0.15) is 16.8 Å². The SMILES string of the molecule is Cc1cc(N2CCc3ccccc3C2)nc(Nc2cccc(Br)c2)n1. The second-order valence-corrected chi connectivity index (χ2v) is 7.18. The number of anilines is 3. The van der Waals surface area contributed by atoms with Crippen LogP contribution in [-0.4, -0.2) is 16.5 Å². The molecule has 126 valence electrons. The van der Waals surface area contributed by atoms with Crippen molar-refractivity contribution in [2.24, 2.45) is 0 Å². The van der Waals surface area contributed by atoms with Gasteiger partial charge in [-0.3, -0.25) is 0 Å². The molecule has 1 aromatic heterocycles. The molecule has 4 rings (SSSR count). The molecule has 0 aliphatic carbocycles. The van der Waals surface area contributed by atoms with E-state index in [1.54, 1.807) is 0 Å². The summed E-state index contributed by atoms with van der Waals surface area (Å²) in [5.41, 5.74) is 4.75. The molecule has 0 radical (unpaired) electrons. The van der Waals surface area contributed by atoms with Crippen LogP contribution in [-0.2, 0) is 13.0 Å². The van der Waals surface area contributed by atoms with E-state index in [2.05, 4.69) is 61.5 Å². The zero-order valence-electron chi connectivity index (χ0n) is 14.0. The van der Waals surface area contributed by atoms with Gasteiger partial charge in [-0.25, -0.2) is 4.98 Å². The summed E-state index contributed by atoms with van der Waals surface area (Å²) >= 11 is 3.49. The standard InChI is InChI=1S/C20H19BrN4/c1-14-11-19(25-10-9-15-5-2-3-6-16(15)13-25)24-20(22-14)23-18-8-4-7-17(21)12-18/h2-8,11-12H,9-10,13H2,1H3,(H,22,23,24). The first-order valence-electron chi connectivity index (χ1n) is 8.37. The number of hydrogen-bond donors (Lipinski definition) is 1. The van der Waals surface area contributed by atoms with Crippen molar-refractivity contribution in [2.45, 2.75) is 19.9 Å². The Morgan fingerprint density at radius 2 is 1.84 bits per heavy atom. The summed E-state index contributed by atoms with van der Waals surface area (Å²) in [4.78, 5) is 11.6. The fraction of sp³-hybridized carbons (Fsp3) is 0.200. The Morgan fingerprint density at radius 3 is 2.68 bits per heavy atom. The summed E-state index contributed by atoms with van der Waals surface area (Å²) in [6.45, 7) is 3.88. The molecule has 25 heavy (non-hydrogen) atoms. The summed E-state index contributed by atoms with van der Waals surface area (Å²) in [5, 5.41) is 3.31. The van der Waals surface area contributed by atoms with Gasteiger partial charge in [0, 0.05) is 35.0 Å². The highest BCUT2D eigenvalue weighted by atomic mass is 79.9. The Morgan fingerprint density at radius 1 is 1.00 bits per heavy atom. The molecule has 2 heterocycles. The molecule has 0 bridgehead atoms. The van der Waals surface area contributed by atoms with E-state index in [1.165, 1.54) is 11.1 Å². The summed E-state index contributed by atoms with van der Waals surface area (Å²) < 4.78 is 1.03. The third-order valence-corrected chi connectivity index (χ3v) is 4.87. The number of hydrogen-bond acceptors (Lipinski definition) is 4. The highest BCUT2D eigenvalue weighted by Gasteiger charge is 2.18. The highest BCUT2D eigenvalue weighted by Crippen LogP contribution is 2.25. The minimum absolute atomic E-state index is 0.631. The van der Waals surface area contributed by atoms with Gasteiger partial charge < -0.3 is 10.2 Å². The van der Waals surface area contributed by atoms with Crippen molar-refractivity contribution in [3.8, 4) is 0 Å². The monoisotopic (exact) mass is 394 g/mol. The zero-order valence-corrected chi connectivity index (χ0v) is 15.6. The van der Waals surface area contributed by atoms with Crippen LogP contribution in [0.4, 0.5) is 17.5 Å². The number of nitrogens with zero attached hydrogens (tertiary/aromatic N) is 3. The van der Waals surface area contributed by atoms with Crippen molar-refractivity contribution in [2.75, 3.05) is 16.8 Å². The molecule has 0 saturated carbocycles. The fourth-order valence-electron chi connectivity index (χ4n) is 3.16. The van der Waals surface area contributed by atoms with Crippen LogP contribution in [0.3, 0.4) is 0 Å². The maximum Gasteiger partial charge on any atom is 0.229 e. The Labute approximate surface area is 156 Å². The summed E-state index contributed by atoms with van der Waals surface area (Å²) in [7, 11) is 0. The van der Waals surface area contributed by atoms with E-state index in [-0.39, 0.29) is 0 Å². The maximum absolute atomic E-state index is 4.74. The Bertz CT molecular complexity index is 910. The highest BCUT2D eigenvalue weighted by molar-refractivity contribution is 9.10. The molecule has 2 aromatic carbocycles. The van der Waals surface area contributed by atoms with Crippen molar-refractivity contribution < 1.29 is 0 Å². The van der Waals surface area contributed by atoms with Gasteiger partial charge in [0.2, 0.25) is 5.95 Å². The Balaban J connectivity index is 1.60. The van der Waals surface area contributed by atoms with Crippen molar-refractivity contribution in [3.05, 3.63) is 75.9 Å². The maximum atomic E-state index is 4.74. The van der Waals surface area contributed by atoms with Gasteiger partial charge in [0.1, 0.15) is 5.82 Å². The third-order valence-electron chi connectivity index (χ3n) is 4.38. The lowest BCUT2D eigenvalue weighted by Gasteiger charge is -2.30. The Kier molecular flexibility index (Phi) is 4.40. The second kappa shape index (κ2) is 6.84. The van der Waals surface area contributed by atoms with Crippen molar-refractivity contribution in [3.63, 3.8) is 0 Å². The number of benzene rings is 2. The van der Waals surface area contributed by atoms with Crippen LogP contribution in [0.25, 0.3) is 0 Å². The van der Waals surface area contributed by atoms with Crippen molar-refractivity contribution in [1.82, 2.24) is 9.97 Å². The van der Waals surface area contributed by atoms with Gasteiger partial charge in [-0.15, -0.1) is 0 Å². The van der Waals surface area contributed by atoms with Gasteiger partial charge in [0.05, 0.1) is 0 Å². The van der Waals surface area contributed by atoms with Crippen LogP contribution in [0.5, 0.6) is 0 Å². The smallest absolute Gasteiger partial charge is 0.229 e. The van der Waals surface area contributed by atoms with E-state index in [0.29, 0.717) is 5.95 Å². The lowest BCUT2D eigenvalue weighted by molar-refractivity contribution is 0.719. The predicted octanol–water partition coefficient (Wildman–Crippen LogP) is 4.85. The molecule has 0 saturated heterocycles. The molecule has 3 aromatic rings. The average molecular weight is 395 g/mol. The van der Waals surface area contributed by atoms with Gasteiger partial charge in [0.25, 0.3) is 0 Å². The van der Waals surface area contributed by atoms with Crippen LogP contribution < -0.4 is 10.2 Å². The van der Waals surface area contributed by atoms with Gasteiger partial charge >= 0.3 is 0 Å². The summed E-state index contributed by atoms with van der Waals surface area (Å²) in [6.07, 6.45) is 1.05. The lowest BCUT2D eigenvalue weighted by Crippen LogP contribution is -2.31. The van der Waals surface area contributed by atoms with Crippen molar-refractivity contribution in [1.29, 1.82) is 0 Å². The molecule has 0 spiro atoms. The van der Waals surface area contributed by atoms with E-state index in [9.17, 15) is 0 Å². The summed E-state index contributed by atoms with van der Waals surface area (Å²) in [6, 6.07) is 18.7. The van der Waals surface area contributed by atoms with Crippen LogP contribution >= 0.6 is 15.9 Å². The van der Waals surface area contributed by atoms with E-state index in [1.807, 2.05) is 31.2 Å². The van der Waals surface area contributed by atoms with E-state index >= 15 is 0 Å². The fourth-order valence-corrected chi connectivity index (χ4v) is 3.56. The number of aromatic nitrogens is 2. The molecule has 4 nitrogen and oxygen atoms in total. The van der Waals surface area contributed by atoms with Gasteiger partial charge in [0.15, 0.2) is 0 Å². The normalized spacial score (nSPS) is 13.4. The molecule has 0 fully saturated rings. The molecular weight excluding hydrogens is 376 g/mol. The molecule has 5 heteroatoms. The largest absolute Gasteiger partial charge is 0.352 e. The van der Waals surface area contributed by atoms with Gasteiger partial charge in [-0.2, -0.15) is 4.98 Å². The molecule has 1 aliphatic heterocycles. The molecule has 0 unspecified atom stereocenters. The topological polar surface area (TPSA) is 41.1 Å². The molecular formula is C20H19BrN4. The lowest BCUT2D eigenvalue weighted by atomic mass is 10.00. The minimum Gasteiger partial charge on any atom is -0.352 e. The number of halogens is 1. The van der Waals surface area contributed by atoms with E-state index in [4.69, 9.17) is 4.98 Å². The van der Waals surface area contributed by atoms with E-state index in [0.717, 1.165) is 41.2 Å². The first-order chi connectivity index (χ1) is 12.2. The van der Waals surface area contributed by atoms with Crippen LogP contribution in [0.15, 0.2) is 59.1 Å². The quantitative estimate of drug-likeness (QED) is 0.688. The Hall–Kier alpha value is -2.40. The molecule has 0 amide bonds. The summed E-state index contributed by atoms with van der Waals surface area (Å²) in [5.74, 6) is 1.60. The first kappa shape index (κ1) is 16.1. The minimum atomic E-state index is 0.631. The zero-order chi connectivity index (χ0) is 17.2. The van der Waals surface area contributed by atoms with Crippen LogP contribution in [0, 0.1) is 6.92 Å². The number of nitrogens with one attached hydrogen (secondary N) is 1. The third kappa shape index (κ3) is 3.66.